The molecule has 0 aliphatic carbocycles. The molecule has 9 aromatic rings. The van der Waals surface area contributed by atoms with E-state index in [1.807, 2.05) is 152 Å². The number of oxazole rings is 1. The average molecular weight is 1440 g/mol. The van der Waals surface area contributed by atoms with Crippen molar-refractivity contribution in [1.82, 2.24) is 70.8 Å². The van der Waals surface area contributed by atoms with Crippen LogP contribution in [0.4, 0.5) is 0 Å². The number of carbonyl (C=O) groups is 6. The first-order valence-corrected chi connectivity index (χ1v) is 37.2. The van der Waals surface area contributed by atoms with Gasteiger partial charge in [-0.3, -0.25) is 28.8 Å². The second-order valence-corrected chi connectivity index (χ2v) is 30.1. The highest BCUT2D eigenvalue weighted by molar-refractivity contribution is 7.14. The van der Waals surface area contributed by atoms with Gasteiger partial charge in [0.25, 0.3) is 0 Å². The predicted octanol–water partition coefficient (Wildman–Crippen LogP) is 9.99. The number of H-pyrrole nitrogens is 1. The number of β-amino-alcohol motifs (C(OH)–C–C–N with tert-alkyl or cyclic N) is 1. The molecule has 102 heavy (non-hydrogen) atoms. The van der Waals surface area contributed by atoms with Crippen LogP contribution >= 0.6 is 34.0 Å². The standard InChI is InChI=1S/C75H86N14O10S3/c1-41(2)63(57-11-10-24-83-86-57)73(94)88-34-56(27-61(88)72(93)79-30-49-16-22-52(23-17-49)68-46(9)82-40-102-68)98-37-62-85-58(36-99-62)64(42(3)4)74(95)89-33-55(26-60(89)71(92)78-29-48-14-20-51(21-15-48)67-45(8)81-39-101-67)97-35-53-31-76-69(84-53)65(43(5)6)75(96)87-32-54(90)25-59(87)70(91)77-28-47-12-18-50(19-13-47)66-44(7)80-38-100-66/h10-24,31,36,38-43,54-56,59-61,63-65,90H,25-30,32-35,37H2,1-9H3,(H,76,84)(H,77,91)(H,78,92)(H,79,93)/t54-,55-,56-,59+,60+,61+,63-,64-,65-/m1/s1. The van der Waals surface area contributed by atoms with Crippen LogP contribution < -0.4 is 16.0 Å². The Balaban J connectivity index is 0.715. The molecule has 0 unspecified atom stereocenters. The van der Waals surface area contributed by atoms with Crippen LogP contribution in [-0.2, 0) is 71.1 Å². The van der Waals surface area contributed by atoms with Gasteiger partial charge in [0.15, 0.2) is 0 Å². The van der Waals surface area contributed by atoms with Gasteiger partial charge < -0.3 is 54.6 Å². The molecule has 5 N–H and O–H groups in total. The van der Waals surface area contributed by atoms with Crippen molar-refractivity contribution in [3.8, 4) is 31.3 Å². The molecular formula is C75H86N14O10S3. The zero-order chi connectivity index (χ0) is 71.9. The molecule has 24 nitrogen and oxygen atoms in total. The molecule has 27 heteroatoms. The number of hydrogen-bond donors (Lipinski definition) is 5. The number of rotatable bonds is 27. The lowest BCUT2D eigenvalue weighted by atomic mass is 9.90. The number of aromatic nitrogens is 8. The number of aromatic amines is 1. The highest BCUT2D eigenvalue weighted by Gasteiger charge is 2.47. The number of amides is 6. The van der Waals surface area contributed by atoms with E-state index in [0.29, 0.717) is 22.9 Å². The van der Waals surface area contributed by atoms with Crippen LogP contribution in [0.5, 0.6) is 0 Å². The fourth-order valence-electron chi connectivity index (χ4n) is 13.9. The number of aliphatic hydroxyl groups excluding tert-OH is 1. The van der Waals surface area contributed by atoms with Gasteiger partial charge in [0.05, 0.1) is 114 Å². The number of nitrogens with zero attached hydrogens (tertiary/aromatic N) is 10. The molecule has 3 fully saturated rings. The number of imidazole rings is 1. The van der Waals surface area contributed by atoms with Gasteiger partial charge in [-0.1, -0.05) is 114 Å². The first-order chi connectivity index (χ1) is 49.2. The molecule has 12 rings (SSSR count). The topological polar surface area (TPSA) is 306 Å². The van der Waals surface area contributed by atoms with E-state index in [-0.39, 0.29) is 131 Å². The van der Waals surface area contributed by atoms with Crippen LogP contribution in [0.15, 0.2) is 125 Å². The summed E-state index contributed by atoms with van der Waals surface area (Å²) in [5, 5.41) is 28.4. The first kappa shape index (κ1) is 72.5. The highest BCUT2D eigenvalue weighted by Crippen LogP contribution is 2.37. The van der Waals surface area contributed by atoms with Gasteiger partial charge in [-0.15, -0.1) is 34.0 Å². The molecular weight excluding hydrogens is 1350 g/mol. The van der Waals surface area contributed by atoms with E-state index in [2.05, 4.69) is 51.1 Å². The van der Waals surface area contributed by atoms with Crippen LogP contribution in [-0.4, -0.2) is 151 Å². The van der Waals surface area contributed by atoms with Gasteiger partial charge >= 0.3 is 0 Å². The number of benzene rings is 3. The summed E-state index contributed by atoms with van der Waals surface area (Å²) in [5.41, 5.74) is 15.4. The van der Waals surface area contributed by atoms with Gasteiger partial charge in [-0.2, -0.15) is 10.2 Å². The van der Waals surface area contributed by atoms with Crippen molar-refractivity contribution >= 4 is 69.5 Å². The third-order valence-electron chi connectivity index (χ3n) is 19.3. The molecule has 6 aromatic heterocycles. The van der Waals surface area contributed by atoms with E-state index >= 15 is 4.79 Å². The quantitative estimate of drug-likeness (QED) is 0.0320. The van der Waals surface area contributed by atoms with Crippen molar-refractivity contribution in [2.45, 2.75) is 169 Å². The second kappa shape index (κ2) is 32.4. The molecule has 3 aliphatic rings. The minimum atomic E-state index is -0.945. The fourth-order valence-corrected chi connectivity index (χ4v) is 16.3. The average Bonchev–Trinajstić information content (AvgIpc) is 1.64. The van der Waals surface area contributed by atoms with Gasteiger partial charge in [0, 0.05) is 64.7 Å². The third-order valence-corrected chi connectivity index (χ3v) is 22.2. The summed E-state index contributed by atoms with van der Waals surface area (Å²) in [6, 6.07) is 24.6. The maximum absolute atomic E-state index is 15.3. The number of hydrogen-bond acceptors (Lipinski definition) is 20. The van der Waals surface area contributed by atoms with Crippen molar-refractivity contribution in [2.24, 2.45) is 17.8 Å². The molecule has 534 valence electrons. The lowest BCUT2D eigenvalue weighted by Crippen LogP contribution is -2.48. The summed E-state index contributed by atoms with van der Waals surface area (Å²) < 4.78 is 19.1. The Morgan fingerprint density at radius 3 is 1.39 bits per heavy atom. The van der Waals surface area contributed by atoms with Crippen LogP contribution in [0, 0.1) is 38.5 Å². The van der Waals surface area contributed by atoms with Crippen LogP contribution in [0.2, 0.25) is 0 Å². The Morgan fingerprint density at radius 2 is 0.971 bits per heavy atom. The summed E-state index contributed by atoms with van der Waals surface area (Å²) in [5.74, 6) is -4.60. The highest BCUT2D eigenvalue weighted by atomic mass is 32.1. The largest absolute Gasteiger partial charge is 0.446 e. The molecule has 0 saturated carbocycles. The van der Waals surface area contributed by atoms with E-state index in [1.165, 1.54) is 11.2 Å². The smallest absolute Gasteiger partial charge is 0.243 e. The lowest BCUT2D eigenvalue weighted by molar-refractivity contribution is -0.140. The lowest BCUT2D eigenvalue weighted by Gasteiger charge is -2.29. The maximum Gasteiger partial charge on any atom is 0.243 e. The predicted molar refractivity (Wildman–Crippen MR) is 386 cm³/mol. The monoisotopic (exact) mass is 1440 g/mol. The van der Waals surface area contributed by atoms with Crippen LogP contribution in [0.3, 0.4) is 0 Å². The van der Waals surface area contributed by atoms with Crippen LogP contribution in [0.25, 0.3) is 31.3 Å². The Bertz CT molecular complexity index is 4380. The van der Waals surface area contributed by atoms with Gasteiger partial charge in [0.1, 0.15) is 36.8 Å². The van der Waals surface area contributed by atoms with Crippen molar-refractivity contribution < 1.29 is 47.8 Å². The Kier molecular flexibility index (Phi) is 23.0. The molecule has 9 heterocycles. The Labute approximate surface area is 604 Å². The normalized spacial score (nSPS) is 19.2. The maximum atomic E-state index is 15.3. The minimum Gasteiger partial charge on any atom is -0.446 e. The van der Waals surface area contributed by atoms with Gasteiger partial charge in [-0.05, 0) is 84.0 Å². The SMILES string of the molecule is Cc1ncsc1-c1ccc(CNC(=O)[C@@H]2C[C@@H](OCc3nc([C@H](C(=O)N4C[C@H](OCc5cnc([C@H](C(=O)N6C[C@H](O)C[C@H]6C(=O)NCc6ccc(-c7scnc7C)cc6)C(C)C)[nH]5)C[C@H]4C(=O)NCc4ccc(-c5scnc5C)cc4)C(C)C)co3)CN2C(=O)[C@@H](c2cccnn2)C(C)C)cc1. The van der Waals surface area contributed by atoms with Crippen molar-refractivity contribution in [3.63, 3.8) is 0 Å². The Morgan fingerprint density at radius 1 is 0.549 bits per heavy atom. The number of thiazole rings is 3. The van der Waals surface area contributed by atoms with E-state index in [1.54, 1.807) is 68.3 Å². The van der Waals surface area contributed by atoms with Gasteiger partial charge in [-0.25, -0.2) is 24.9 Å². The molecule has 0 bridgehead atoms. The summed E-state index contributed by atoms with van der Waals surface area (Å²) in [7, 11) is 0. The number of carbonyl (C=O) groups excluding carboxylic acids is 6. The van der Waals surface area contributed by atoms with Gasteiger partial charge in [0.2, 0.25) is 41.3 Å². The molecule has 6 amide bonds. The third kappa shape index (κ3) is 16.6. The van der Waals surface area contributed by atoms with E-state index in [0.717, 1.165) is 65.1 Å². The number of likely N-dealkylation sites (tertiary alicyclic amines) is 3. The summed E-state index contributed by atoms with van der Waals surface area (Å²) in [6.07, 6.45) is 2.91. The van der Waals surface area contributed by atoms with Crippen molar-refractivity contribution in [1.29, 1.82) is 0 Å². The number of ether oxygens (including phenoxy) is 2. The van der Waals surface area contributed by atoms with Crippen molar-refractivity contribution in [3.05, 3.63) is 183 Å². The Hall–Kier alpha value is -9.25. The summed E-state index contributed by atoms with van der Waals surface area (Å²) >= 11 is 4.69. The van der Waals surface area contributed by atoms with Crippen LogP contribution in [0.1, 0.15) is 141 Å². The second-order valence-electron chi connectivity index (χ2n) is 27.6. The zero-order valence-electron chi connectivity index (χ0n) is 58.6. The number of nitrogens with one attached hydrogen (secondary N) is 4. The number of aryl methyl sites for hydroxylation is 3. The summed E-state index contributed by atoms with van der Waals surface area (Å²) in [6.45, 7) is 18.1. The van der Waals surface area contributed by atoms with E-state index < -0.39 is 54.2 Å². The zero-order valence-corrected chi connectivity index (χ0v) is 61.0. The number of aliphatic hydroxyl groups is 1. The summed E-state index contributed by atoms with van der Waals surface area (Å²) in [4.78, 5) is 121. The molecule has 3 aliphatic heterocycles. The van der Waals surface area contributed by atoms with E-state index in [4.69, 9.17) is 18.9 Å². The molecule has 0 spiro atoms. The molecule has 9 atom stereocenters. The molecule has 3 aromatic carbocycles. The van der Waals surface area contributed by atoms with E-state index in [9.17, 15) is 29.1 Å². The fraction of sp³-hybridized carbons (Fsp3) is 0.427. The van der Waals surface area contributed by atoms with Crippen molar-refractivity contribution in [2.75, 3.05) is 19.6 Å². The molecule has 3 saturated heterocycles. The molecule has 0 radical (unpaired) electrons. The first-order valence-electron chi connectivity index (χ1n) is 34.6. The minimum absolute atomic E-state index is 0.00134.